The average Bonchev–Trinajstić information content (AvgIpc) is 3.06. The molecule has 0 bridgehead atoms. The van der Waals surface area contributed by atoms with Crippen molar-refractivity contribution in [3.8, 4) is 34.5 Å². The molecule has 25 heavy (non-hydrogen) atoms. The van der Waals surface area contributed by atoms with Crippen molar-refractivity contribution in [3.05, 3.63) is 35.4 Å². The summed E-state index contributed by atoms with van der Waals surface area (Å²) in [5, 5.41) is 10.1. The summed E-state index contributed by atoms with van der Waals surface area (Å²) in [4.78, 5) is 12.1. The van der Waals surface area contributed by atoms with E-state index in [2.05, 4.69) is 0 Å². The van der Waals surface area contributed by atoms with Crippen LogP contribution in [0.3, 0.4) is 0 Å². The number of hydrogen-bond donors (Lipinski definition) is 1. The monoisotopic (exact) mass is 344 g/mol. The molecule has 0 unspecified atom stereocenters. The highest BCUT2D eigenvalue weighted by molar-refractivity contribution is 5.79. The van der Waals surface area contributed by atoms with Crippen LogP contribution in [-0.4, -0.2) is 32.1 Å². The van der Waals surface area contributed by atoms with Crippen molar-refractivity contribution in [2.24, 2.45) is 0 Å². The fraction of sp³-hybridized carbons (Fsp3) is 0.278. The Kier molecular flexibility index (Phi) is 3.56. The maximum absolute atomic E-state index is 12.1. The lowest BCUT2D eigenvalue weighted by Crippen LogP contribution is -2.21. The minimum atomic E-state index is -0.345. The third-order valence-corrected chi connectivity index (χ3v) is 4.38. The first-order valence-corrected chi connectivity index (χ1v) is 7.69. The Bertz CT molecular complexity index is 834. The minimum absolute atomic E-state index is 0.0851. The van der Waals surface area contributed by atoms with Crippen molar-refractivity contribution >= 4 is 5.97 Å². The second kappa shape index (κ2) is 5.77. The first kappa shape index (κ1) is 15.4. The van der Waals surface area contributed by atoms with Gasteiger partial charge in [-0.1, -0.05) is 0 Å². The summed E-state index contributed by atoms with van der Waals surface area (Å²) in [6.45, 7) is 0.137. The number of hydrogen-bond acceptors (Lipinski definition) is 7. The molecule has 0 radical (unpaired) electrons. The molecule has 2 aliphatic heterocycles. The highest BCUT2D eigenvalue weighted by atomic mass is 16.7. The zero-order valence-corrected chi connectivity index (χ0v) is 13.7. The fourth-order valence-electron chi connectivity index (χ4n) is 3.15. The van der Waals surface area contributed by atoms with E-state index in [4.69, 9.17) is 23.7 Å². The van der Waals surface area contributed by atoms with Gasteiger partial charge < -0.3 is 28.8 Å². The zero-order valence-electron chi connectivity index (χ0n) is 13.7. The third-order valence-electron chi connectivity index (χ3n) is 4.38. The van der Waals surface area contributed by atoms with Crippen molar-refractivity contribution in [2.75, 3.05) is 21.0 Å². The number of rotatable bonds is 3. The lowest BCUT2D eigenvalue weighted by atomic mass is 9.86. The second-order valence-electron chi connectivity index (χ2n) is 5.75. The predicted molar refractivity (Wildman–Crippen MR) is 85.9 cm³/mol. The normalized spacial score (nSPS) is 17.7. The lowest BCUT2D eigenvalue weighted by molar-refractivity contribution is -0.135. The summed E-state index contributed by atoms with van der Waals surface area (Å²) in [7, 11) is 2.92. The van der Waals surface area contributed by atoms with E-state index in [1.54, 1.807) is 18.2 Å². The van der Waals surface area contributed by atoms with Gasteiger partial charge >= 0.3 is 5.97 Å². The molecule has 1 N–H and O–H groups in total. The van der Waals surface area contributed by atoms with Crippen LogP contribution in [0.4, 0.5) is 0 Å². The molecule has 2 aliphatic rings. The summed E-state index contributed by atoms with van der Waals surface area (Å²) in [6.07, 6.45) is 0.156. The van der Waals surface area contributed by atoms with Crippen molar-refractivity contribution in [3.63, 3.8) is 0 Å². The van der Waals surface area contributed by atoms with E-state index in [9.17, 15) is 9.90 Å². The molecule has 4 rings (SSSR count). The zero-order chi connectivity index (χ0) is 17.6. The van der Waals surface area contributed by atoms with Crippen LogP contribution in [0.15, 0.2) is 24.3 Å². The van der Waals surface area contributed by atoms with E-state index in [0.29, 0.717) is 17.2 Å². The molecule has 0 spiro atoms. The van der Waals surface area contributed by atoms with Gasteiger partial charge in [0.2, 0.25) is 12.5 Å². The number of ether oxygens (including phenoxy) is 5. The van der Waals surface area contributed by atoms with Gasteiger partial charge in [-0.15, -0.1) is 0 Å². The minimum Gasteiger partial charge on any atom is -0.502 e. The van der Waals surface area contributed by atoms with Gasteiger partial charge in [0.1, 0.15) is 5.75 Å². The summed E-state index contributed by atoms with van der Waals surface area (Å²) in [6, 6.07) is 6.86. The number of carbonyl (C=O) groups is 1. The molecule has 2 aromatic carbocycles. The highest BCUT2D eigenvalue weighted by Gasteiger charge is 2.32. The van der Waals surface area contributed by atoms with Gasteiger partial charge in [-0.25, -0.2) is 0 Å². The maximum atomic E-state index is 12.1. The summed E-state index contributed by atoms with van der Waals surface area (Å²) < 4.78 is 26.6. The van der Waals surface area contributed by atoms with E-state index in [1.165, 1.54) is 14.2 Å². The Morgan fingerprint density at radius 3 is 2.28 bits per heavy atom. The van der Waals surface area contributed by atoms with Gasteiger partial charge in [0.05, 0.1) is 20.6 Å². The molecule has 0 aromatic heterocycles. The van der Waals surface area contributed by atoms with Crippen LogP contribution in [0.1, 0.15) is 23.5 Å². The number of phenolic OH excluding ortho intramolecular Hbond substituents is 1. The molecule has 1 atom stereocenters. The molecule has 0 aliphatic carbocycles. The first-order chi connectivity index (χ1) is 12.1. The summed E-state index contributed by atoms with van der Waals surface area (Å²) in [5.74, 6) is 1.43. The Labute approximate surface area is 143 Å². The summed E-state index contributed by atoms with van der Waals surface area (Å²) in [5.41, 5.74) is 1.57. The maximum Gasteiger partial charge on any atom is 0.312 e. The molecule has 0 fully saturated rings. The van der Waals surface area contributed by atoms with Gasteiger partial charge in [-0.05, 0) is 23.8 Å². The smallest absolute Gasteiger partial charge is 0.312 e. The highest BCUT2D eigenvalue weighted by Crippen LogP contribution is 2.48. The molecular weight excluding hydrogens is 328 g/mol. The molecule has 0 saturated carbocycles. The third kappa shape index (κ3) is 2.48. The van der Waals surface area contributed by atoms with Crippen molar-refractivity contribution < 1.29 is 33.6 Å². The quantitative estimate of drug-likeness (QED) is 0.677. The Morgan fingerprint density at radius 2 is 1.64 bits per heavy atom. The molecular formula is C18H16O7. The second-order valence-corrected chi connectivity index (χ2v) is 5.75. The van der Waals surface area contributed by atoms with Crippen LogP contribution in [-0.2, 0) is 4.79 Å². The van der Waals surface area contributed by atoms with Crippen LogP contribution < -0.4 is 23.7 Å². The van der Waals surface area contributed by atoms with Gasteiger partial charge in [-0.2, -0.15) is 0 Å². The van der Waals surface area contributed by atoms with Crippen LogP contribution in [0, 0.1) is 0 Å². The number of esters is 1. The van der Waals surface area contributed by atoms with Crippen LogP contribution in [0.25, 0.3) is 0 Å². The SMILES string of the molecule is COc1cc([C@@H]2CC(=O)Oc3cc4c(cc32)OCO4)cc(OC)c1O. The lowest BCUT2D eigenvalue weighted by Gasteiger charge is -2.26. The van der Waals surface area contributed by atoms with E-state index in [-0.39, 0.29) is 42.3 Å². The van der Waals surface area contributed by atoms with Gasteiger partial charge in [0, 0.05) is 17.5 Å². The standard InChI is InChI=1S/C18H16O7/c1-21-15-3-9(4-16(22-2)18(15)20)10-6-17(19)25-12-7-14-13(5-11(10)12)23-8-24-14/h3-5,7,10,20H,6,8H2,1-2H3/t10-/m0/s1. The van der Waals surface area contributed by atoms with Gasteiger partial charge in [0.25, 0.3) is 0 Å². The first-order valence-electron chi connectivity index (χ1n) is 7.69. The molecule has 7 heteroatoms. The molecule has 130 valence electrons. The van der Waals surface area contributed by atoms with Crippen molar-refractivity contribution in [1.29, 1.82) is 0 Å². The van der Waals surface area contributed by atoms with Gasteiger partial charge in [-0.3, -0.25) is 4.79 Å². The van der Waals surface area contributed by atoms with Crippen LogP contribution in [0.2, 0.25) is 0 Å². The van der Waals surface area contributed by atoms with E-state index in [0.717, 1.165) is 11.1 Å². The van der Waals surface area contributed by atoms with E-state index >= 15 is 0 Å². The fourth-order valence-corrected chi connectivity index (χ4v) is 3.15. The number of aromatic hydroxyl groups is 1. The molecule has 0 amide bonds. The van der Waals surface area contributed by atoms with Crippen molar-refractivity contribution in [1.82, 2.24) is 0 Å². The Balaban J connectivity index is 1.86. The largest absolute Gasteiger partial charge is 0.502 e. The van der Waals surface area contributed by atoms with E-state index in [1.807, 2.05) is 6.07 Å². The Morgan fingerprint density at radius 1 is 1.00 bits per heavy atom. The van der Waals surface area contributed by atoms with Crippen LogP contribution >= 0.6 is 0 Å². The van der Waals surface area contributed by atoms with Crippen molar-refractivity contribution in [2.45, 2.75) is 12.3 Å². The number of phenols is 1. The van der Waals surface area contributed by atoms with Gasteiger partial charge in [0.15, 0.2) is 23.0 Å². The number of methoxy groups -OCH3 is 2. The molecule has 2 heterocycles. The summed E-state index contributed by atoms with van der Waals surface area (Å²) >= 11 is 0. The number of carbonyl (C=O) groups excluding carboxylic acids is 1. The topological polar surface area (TPSA) is 83.5 Å². The van der Waals surface area contributed by atoms with E-state index < -0.39 is 0 Å². The number of fused-ring (bicyclic) bond motifs is 2. The molecule has 2 aromatic rings. The number of benzene rings is 2. The van der Waals surface area contributed by atoms with Crippen LogP contribution in [0.5, 0.6) is 34.5 Å². The molecule has 0 saturated heterocycles. The Hall–Kier alpha value is -3.09. The molecule has 7 nitrogen and oxygen atoms in total. The average molecular weight is 344 g/mol. The predicted octanol–water partition coefficient (Wildman–Crippen LogP) is 2.58.